The van der Waals surface area contributed by atoms with Crippen molar-refractivity contribution in [2.75, 3.05) is 4.72 Å². The normalized spacial score (nSPS) is 11.3. The van der Waals surface area contributed by atoms with Gasteiger partial charge in [0, 0.05) is 6.07 Å². The summed E-state index contributed by atoms with van der Waals surface area (Å²) in [5.41, 5.74) is -1.12. The standard InChI is InChI=1S/C10H8FN3O5S/c1-6-5-9(12-19-6)13-20(17,18)8-4-2-3-7(11)10(8)14(15)16/h2-5H,1H3,(H,12,13). The molecule has 0 atom stereocenters. The number of rotatable bonds is 4. The van der Waals surface area contributed by atoms with Crippen LogP contribution in [0.4, 0.5) is 15.9 Å². The number of anilines is 1. The van der Waals surface area contributed by atoms with E-state index in [0.29, 0.717) is 5.76 Å². The fourth-order valence-corrected chi connectivity index (χ4v) is 2.66. The minimum absolute atomic E-state index is 0.152. The summed E-state index contributed by atoms with van der Waals surface area (Å²) in [6.07, 6.45) is 0. The molecule has 0 amide bonds. The van der Waals surface area contributed by atoms with E-state index in [-0.39, 0.29) is 5.82 Å². The van der Waals surface area contributed by atoms with Crippen LogP contribution >= 0.6 is 0 Å². The minimum atomic E-state index is -4.35. The van der Waals surface area contributed by atoms with E-state index < -0.39 is 31.3 Å². The van der Waals surface area contributed by atoms with Crippen molar-refractivity contribution in [1.29, 1.82) is 0 Å². The van der Waals surface area contributed by atoms with E-state index in [1.807, 2.05) is 4.72 Å². The molecule has 2 aromatic rings. The monoisotopic (exact) mass is 301 g/mol. The predicted molar refractivity (Wildman–Crippen MR) is 65.1 cm³/mol. The van der Waals surface area contributed by atoms with Crippen LogP contribution in [0.1, 0.15) is 5.76 Å². The van der Waals surface area contributed by atoms with Crippen LogP contribution in [0.25, 0.3) is 0 Å². The van der Waals surface area contributed by atoms with Gasteiger partial charge in [-0.2, -0.15) is 4.39 Å². The van der Waals surface area contributed by atoms with Crippen molar-refractivity contribution in [2.45, 2.75) is 11.8 Å². The van der Waals surface area contributed by atoms with E-state index in [2.05, 4.69) is 9.68 Å². The van der Waals surface area contributed by atoms with E-state index in [4.69, 9.17) is 0 Å². The van der Waals surface area contributed by atoms with Crippen LogP contribution < -0.4 is 4.72 Å². The number of nitro groups is 1. The fraction of sp³-hybridized carbons (Fsp3) is 0.100. The topological polar surface area (TPSA) is 115 Å². The van der Waals surface area contributed by atoms with Crippen LogP contribution in [0.3, 0.4) is 0 Å². The van der Waals surface area contributed by atoms with E-state index >= 15 is 0 Å². The molecule has 106 valence electrons. The molecule has 0 radical (unpaired) electrons. The second-order valence-corrected chi connectivity index (χ2v) is 5.42. The maximum atomic E-state index is 13.4. The van der Waals surface area contributed by atoms with Gasteiger partial charge in [0.15, 0.2) is 10.7 Å². The third-order valence-corrected chi connectivity index (χ3v) is 3.68. The van der Waals surface area contributed by atoms with Gasteiger partial charge in [-0.3, -0.25) is 14.8 Å². The third kappa shape index (κ3) is 2.59. The Bertz CT molecular complexity index is 771. The molecule has 0 spiro atoms. The third-order valence-electron chi connectivity index (χ3n) is 2.29. The number of aromatic nitrogens is 1. The summed E-state index contributed by atoms with van der Waals surface area (Å²) in [6, 6.07) is 4.07. The zero-order valence-electron chi connectivity index (χ0n) is 10.0. The Hall–Kier alpha value is -2.49. The molecule has 0 aliphatic rings. The molecule has 0 aliphatic heterocycles. The molecule has 1 aromatic heterocycles. The highest BCUT2D eigenvalue weighted by Crippen LogP contribution is 2.28. The molecule has 20 heavy (non-hydrogen) atoms. The van der Waals surface area contributed by atoms with Gasteiger partial charge < -0.3 is 4.52 Å². The van der Waals surface area contributed by atoms with Crippen LogP contribution in [-0.2, 0) is 10.0 Å². The maximum absolute atomic E-state index is 13.4. The molecule has 0 unspecified atom stereocenters. The second kappa shape index (κ2) is 4.89. The van der Waals surface area contributed by atoms with Gasteiger partial charge in [-0.05, 0) is 19.1 Å². The Morgan fingerprint density at radius 2 is 2.15 bits per heavy atom. The Morgan fingerprint density at radius 3 is 2.70 bits per heavy atom. The van der Waals surface area contributed by atoms with Crippen molar-refractivity contribution >= 4 is 21.5 Å². The first-order valence-electron chi connectivity index (χ1n) is 5.20. The molecular weight excluding hydrogens is 293 g/mol. The average Bonchev–Trinajstić information content (AvgIpc) is 2.73. The summed E-state index contributed by atoms with van der Waals surface area (Å²) < 4.78 is 44.1. The van der Waals surface area contributed by atoms with Gasteiger partial charge in [-0.25, -0.2) is 8.42 Å². The van der Waals surface area contributed by atoms with Crippen molar-refractivity contribution in [1.82, 2.24) is 5.16 Å². The smallest absolute Gasteiger partial charge is 0.325 e. The molecule has 8 nitrogen and oxygen atoms in total. The molecule has 1 N–H and O–H groups in total. The molecular formula is C10H8FN3O5S. The number of nitrogens with one attached hydrogen (secondary N) is 1. The van der Waals surface area contributed by atoms with Crippen molar-refractivity contribution in [3.63, 3.8) is 0 Å². The Morgan fingerprint density at radius 1 is 1.45 bits per heavy atom. The first kappa shape index (κ1) is 13.9. The van der Waals surface area contributed by atoms with Crippen LogP contribution in [-0.4, -0.2) is 18.5 Å². The lowest BCUT2D eigenvalue weighted by Crippen LogP contribution is -2.15. The molecule has 0 aliphatic carbocycles. The fourth-order valence-electron chi connectivity index (χ4n) is 1.50. The highest BCUT2D eigenvalue weighted by Gasteiger charge is 2.30. The van der Waals surface area contributed by atoms with Crippen LogP contribution in [0.15, 0.2) is 33.7 Å². The first-order chi connectivity index (χ1) is 9.31. The highest BCUT2D eigenvalue weighted by atomic mass is 32.2. The minimum Gasteiger partial charge on any atom is -0.360 e. The second-order valence-electron chi connectivity index (χ2n) is 3.77. The van der Waals surface area contributed by atoms with Gasteiger partial charge in [0.05, 0.1) is 4.92 Å². The molecule has 10 heteroatoms. The zero-order valence-corrected chi connectivity index (χ0v) is 10.8. The first-order valence-corrected chi connectivity index (χ1v) is 6.68. The van der Waals surface area contributed by atoms with Crippen molar-refractivity contribution < 1.29 is 22.3 Å². The number of nitrogens with zero attached hydrogens (tertiary/aromatic N) is 2. The van der Waals surface area contributed by atoms with Gasteiger partial charge in [0.2, 0.25) is 5.82 Å². The molecule has 0 bridgehead atoms. The zero-order chi connectivity index (χ0) is 14.9. The molecule has 0 saturated carbocycles. The summed E-state index contributed by atoms with van der Waals surface area (Å²) in [5.74, 6) is -1.05. The number of para-hydroxylation sites is 1. The van der Waals surface area contributed by atoms with E-state index in [9.17, 15) is 22.9 Å². The predicted octanol–water partition coefficient (Wildman–Crippen LogP) is 1.83. The lowest BCUT2D eigenvalue weighted by Gasteiger charge is -2.05. The highest BCUT2D eigenvalue weighted by molar-refractivity contribution is 7.92. The van der Waals surface area contributed by atoms with Crippen molar-refractivity contribution in [3.8, 4) is 0 Å². The van der Waals surface area contributed by atoms with Gasteiger partial charge >= 0.3 is 5.69 Å². The Balaban J connectivity index is 2.50. The number of nitro benzene ring substituents is 1. The molecule has 1 aromatic carbocycles. The van der Waals surface area contributed by atoms with Gasteiger partial charge in [0.25, 0.3) is 10.0 Å². The van der Waals surface area contributed by atoms with E-state index in [1.54, 1.807) is 0 Å². The van der Waals surface area contributed by atoms with Crippen molar-refractivity contribution in [3.05, 3.63) is 46.0 Å². The quantitative estimate of drug-likeness (QED) is 0.680. The van der Waals surface area contributed by atoms with Crippen molar-refractivity contribution in [2.24, 2.45) is 0 Å². The Labute approximate surface area is 112 Å². The van der Waals surface area contributed by atoms with Crippen LogP contribution in [0, 0.1) is 22.9 Å². The number of hydrogen-bond donors (Lipinski definition) is 1. The van der Waals surface area contributed by atoms with Crippen LogP contribution in [0.2, 0.25) is 0 Å². The van der Waals surface area contributed by atoms with E-state index in [1.165, 1.54) is 13.0 Å². The number of hydrogen-bond acceptors (Lipinski definition) is 6. The number of aryl methyl sites for hydroxylation is 1. The van der Waals surface area contributed by atoms with Gasteiger partial charge in [-0.1, -0.05) is 11.2 Å². The largest absolute Gasteiger partial charge is 0.360 e. The average molecular weight is 301 g/mol. The summed E-state index contributed by atoms with van der Waals surface area (Å²) in [7, 11) is -4.35. The van der Waals surface area contributed by atoms with Gasteiger partial charge in [-0.15, -0.1) is 0 Å². The van der Waals surface area contributed by atoms with Gasteiger partial charge in [0.1, 0.15) is 5.76 Å². The molecule has 0 fully saturated rings. The van der Waals surface area contributed by atoms with Crippen LogP contribution in [0.5, 0.6) is 0 Å². The molecule has 1 heterocycles. The molecule has 2 rings (SSSR count). The number of benzene rings is 1. The summed E-state index contributed by atoms with van der Waals surface area (Å²) in [4.78, 5) is 8.90. The SMILES string of the molecule is Cc1cc(NS(=O)(=O)c2cccc(F)c2[N+](=O)[O-])no1. The van der Waals surface area contributed by atoms with E-state index in [0.717, 1.165) is 18.2 Å². The summed E-state index contributed by atoms with van der Waals surface area (Å²) >= 11 is 0. The lowest BCUT2D eigenvalue weighted by molar-refractivity contribution is -0.390. The summed E-state index contributed by atoms with van der Waals surface area (Å²) in [6.45, 7) is 1.54. The molecule has 0 saturated heterocycles. The number of halogens is 1. The number of sulfonamides is 1. The maximum Gasteiger partial charge on any atom is 0.325 e. The summed E-state index contributed by atoms with van der Waals surface area (Å²) in [5, 5.41) is 14.2. The Kier molecular flexibility index (Phi) is 3.40. The lowest BCUT2D eigenvalue weighted by atomic mass is 10.3.